The van der Waals surface area contributed by atoms with E-state index in [-0.39, 0.29) is 17.5 Å². The third-order valence-corrected chi connectivity index (χ3v) is 3.12. The summed E-state index contributed by atoms with van der Waals surface area (Å²) in [6, 6.07) is 10.1. The molecule has 0 radical (unpaired) electrons. The largest absolute Gasteiger partial charge is 0.508 e. The van der Waals surface area contributed by atoms with Crippen LogP contribution >= 0.6 is 0 Å². The lowest BCUT2D eigenvalue weighted by atomic mass is 10.1. The first-order chi connectivity index (χ1) is 10.6. The van der Waals surface area contributed by atoms with Crippen LogP contribution < -0.4 is 14.8 Å². The molecule has 0 unspecified atom stereocenters. The minimum absolute atomic E-state index is 0.224. The van der Waals surface area contributed by atoms with Gasteiger partial charge in [0.2, 0.25) is 11.8 Å². The molecular weight excluding hydrogens is 284 g/mol. The Bertz CT molecular complexity index is 641. The van der Waals surface area contributed by atoms with E-state index in [0.717, 1.165) is 5.56 Å². The predicted molar refractivity (Wildman–Crippen MR) is 81.5 cm³/mol. The van der Waals surface area contributed by atoms with Gasteiger partial charge in [0.25, 0.3) is 5.91 Å². The van der Waals surface area contributed by atoms with Gasteiger partial charge in [0.1, 0.15) is 11.3 Å². The van der Waals surface area contributed by atoms with Crippen LogP contribution in [0, 0.1) is 0 Å². The van der Waals surface area contributed by atoms with Gasteiger partial charge in [-0.15, -0.1) is 0 Å². The third-order valence-electron chi connectivity index (χ3n) is 3.12. The summed E-state index contributed by atoms with van der Waals surface area (Å²) >= 11 is 0. The second kappa shape index (κ2) is 7.31. The van der Waals surface area contributed by atoms with E-state index < -0.39 is 0 Å². The number of rotatable bonds is 6. The summed E-state index contributed by atoms with van der Waals surface area (Å²) in [7, 11) is 2.95. The Morgan fingerprint density at radius 3 is 2.50 bits per heavy atom. The van der Waals surface area contributed by atoms with Gasteiger partial charge in [0.05, 0.1) is 14.2 Å². The molecule has 1 heterocycles. The summed E-state index contributed by atoms with van der Waals surface area (Å²) in [4.78, 5) is 16.2. The van der Waals surface area contributed by atoms with E-state index in [9.17, 15) is 9.90 Å². The summed E-state index contributed by atoms with van der Waals surface area (Å²) in [6.07, 6.45) is 0.665. The van der Waals surface area contributed by atoms with Crippen molar-refractivity contribution in [1.82, 2.24) is 10.3 Å². The first-order valence-electron chi connectivity index (χ1n) is 6.79. The molecule has 1 amide bonds. The summed E-state index contributed by atoms with van der Waals surface area (Å²) < 4.78 is 10.1. The topological polar surface area (TPSA) is 80.7 Å². The average Bonchev–Trinajstić information content (AvgIpc) is 2.55. The molecule has 2 aromatic rings. The number of methoxy groups -OCH3 is 2. The lowest BCUT2D eigenvalue weighted by molar-refractivity contribution is 0.0950. The number of phenols is 1. The van der Waals surface area contributed by atoms with Crippen molar-refractivity contribution < 1.29 is 19.4 Å². The zero-order valence-electron chi connectivity index (χ0n) is 12.5. The lowest BCUT2D eigenvalue weighted by Crippen LogP contribution is -2.26. The van der Waals surface area contributed by atoms with Gasteiger partial charge in [-0.3, -0.25) is 4.79 Å². The second-order valence-corrected chi connectivity index (χ2v) is 4.58. The van der Waals surface area contributed by atoms with E-state index in [1.54, 1.807) is 24.3 Å². The molecule has 2 rings (SSSR count). The normalized spacial score (nSPS) is 10.1. The molecule has 0 saturated carbocycles. The number of hydrogen-bond acceptors (Lipinski definition) is 5. The predicted octanol–water partition coefficient (Wildman–Crippen LogP) is 1.78. The van der Waals surface area contributed by atoms with Crippen LogP contribution in [0.1, 0.15) is 15.9 Å². The summed E-state index contributed by atoms with van der Waals surface area (Å²) in [5, 5.41) is 12.0. The van der Waals surface area contributed by atoms with Crippen molar-refractivity contribution in [3.05, 3.63) is 47.5 Å². The van der Waals surface area contributed by atoms with Crippen molar-refractivity contribution in [3.8, 4) is 17.5 Å². The number of ether oxygens (including phenoxy) is 2. The third kappa shape index (κ3) is 3.88. The van der Waals surface area contributed by atoms with Gasteiger partial charge in [0.15, 0.2) is 0 Å². The van der Waals surface area contributed by atoms with Gasteiger partial charge in [-0.05, 0) is 30.2 Å². The van der Waals surface area contributed by atoms with Gasteiger partial charge in [-0.25, -0.2) is 0 Å². The molecule has 0 fully saturated rings. The zero-order valence-corrected chi connectivity index (χ0v) is 12.5. The molecule has 1 aromatic heterocycles. The molecule has 0 atom stereocenters. The van der Waals surface area contributed by atoms with E-state index in [0.29, 0.717) is 24.4 Å². The van der Waals surface area contributed by atoms with Gasteiger partial charge in [-0.1, -0.05) is 12.1 Å². The zero-order chi connectivity index (χ0) is 15.9. The first-order valence-corrected chi connectivity index (χ1v) is 6.79. The molecule has 0 spiro atoms. The number of nitrogens with one attached hydrogen (secondary N) is 1. The molecule has 6 heteroatoms. The van der Waals surface area contributed by atoms with Gasteiger partial charge in [-0.2, -0.15) is 4.98 Å². The number of amides is 1. The monoisotopic (exact) mass is 302 g/mol. The molecule has 2 N–H and O–H groups in total. The number of pyridine rings is 1. The minimum Gasteiger partial charge on any atom is -0.508 e. The number of aromatic hydroxyl groups is 1. The van der Waals surface area contributed by atoms with E-state index in [4.69, 9.17) is 9.47 Å². The van der Waals surface area contributed by atoms with Crippen LogP contribution in [0.4, 0.5) is 0 Å². The maximum absolute atomic E-state index is 12.2. The van der Waals surface area contributed by atoms with Gasteiger partial charge in [0, 0.05) is 12.6 Å². The fraction of sp³-hybridized carbons (Fsp3) is 0.250. The highest BCUT2D eigenvalue weighted by Crippen LogP contribution is 2.19. The Labute approximate surface area is 128 Å². The molecule has 0 aliphatic carbocycles. The number of nitrogens with zero attached hydrogens (tertiary/aromatic N) is 1. The van der Waals surface area contributed by atoms with Crippen molar-refractivity contribution in [2.75, 3.05) is 20.8 Å². The fourth-order valence-electron chi connectivity index (χ4n) is 1.94. The maximum atomic E-state index is 12.2. The molecule has 22 heavy (non-hydrogen) atoms. The van der Waals surface area contributed by atoms with E-state index in [1.165, 1.54) is 14.2 Å². The number of aromatic nitrogens is 1. The summed E-state index contributed by atoms with van der Waals surface area (Å²) in [5.74, 6) is 0.576. The Morgan fingerprint density at radius 2 is 1.86 bits per heavy atom. The maximum Gasteiger partial charge on any atom is 0.256 e. The van der Waals surface area contributed by atoms with Crippen LogP contribution in [0.2, 0.25) is 0 Å². The fourth-order valence-corrected chi connectivity index (χ4v) is 1.94. The van der Waals surface area contributed by atoms with Crippen LogP contribution in [0.25, 0.3) is 0 Å². The summed E-state index contributed by atoms with van der Waals surface area (Å²) in [6.45, 7) is 0.471. The SMILES string of the molecule is COc1ccc(C(=O)NCCc2ccc(O)cc2)c(OC)n1. The van der Waals surface area contributed by atoms with Crippen LogP contribution in [0.15, 0.2) is 36.4 Å². The minimum atomic E-state index is -0.259. The van der Waals surface area contributed by atoms with E-state index in [1.807, 2.05) is 12.1 Å². The van der Waals surface area contributed by atoms with Crippen LogP contribution in [0.5, 0.6) is 17.5 Å². The molecule has 1 aromatic carbocycles. The highest BCUT2D eigenvalue weighted by atomic mass is 16.5. The second-order valence-electron chi connectivity index (χ2n) is 4.58. The molecule has 0 saturated heterocycles. The van der Waals surface area contributed by atoms with Gasteiger partial charge >= 0.3 is 0 Å². The Hall–Kier alpha value is -2.76. The molecule has 0 bridgehead atoms. The molecule has 0 aliphatic rings. The van der Waals surface area contributed by atoms with Crippen molar-refractivity contribution in [2.45, 2.75) is 6.42 Å². The lowest BCUT2D eigenvalue weighted by Gasteiger charge is -2.09. The van der Waals surface area contributed by atoms with E-state index in [2.05, 4.69) is 10.3 Å². The van der Waals surface area contributed by atoms with Crippen LogP contribution in [-0.2, 0) is 6.42 Å². The van der Waals surface area contributed by atoms with Crippen LogP contribution in [0.3, 0.4) is 0 Å². The highest BCUT2D eigenvalue weighted by molar-refractivity contribution is 5.96. The molecule has 116 valence electrons. The standard InChI is InChI=1S/C16H18N2O4/c1-21-14-8-7-13(16(18-14)22-2)15(20)17-10-9-11-3-5-12(19)6-4-11/h3-8,19H,9-10H2,1-2H3,(H,17,20). The average molecular weight is 302 g/mol. The number of carbonyl (C=O) groups excluding carboxylic acids is 1. The number of carbonyl (C=O) groups is 1. The van der Waals surface area contributed by atoms with E-state index >= 15 is 0 Å². The summed E-state index contributed by atoms with van der Waals surface area (Å²) in [5.41, 5.74) is 1.38. The smallest absolute Gasteiger partial charge is 0.256 e. The Balaban J connectivity index is 1.96. The Kier molecular flexibility index (Phi) is 5.19. The van der Waals surface area contributed by atoms with Gasteiger partial charge < -0.3 is 19.9 Å². The van der Waals surface area contributed by atoms with Crippen LogP contribution in [-0.4, -0.2) is 36.8 Å². The molecular formula is C16H18N2O4. The first kappa shape index (κ1) is 15.6. The number of phenolic OH excluding ortho intramolecular Hbond substituents is 1. The van der Waals surface area contributed by atoms with Crippen molar-refractivity contribution in [1.29, 1.82) is 0 Å². The van der Waals surface area contributed by atoms with Crippen molar-refractivity contribution in [2.24, 2.45) is 0 Å². The quantitative estimate of drug-likeness (QED) is 0.850. The number of benzene rings is 1. The highest BCUT2D eigenvalue weighted by Gasteiger charge is 2.14. The molecule has 0 aliphatic heterocycles. The van der Waals surface area contributed by atoms with Crippen molar-refractivity contribution >= 4 is 5.91 Å². The Morgan fingerprint density at radius 1 is 1.14 bits per heavy atom. The molecule has 6 nitrogen and oxygen atoms in total. The van der Waals surface area contributed by atoms with Crippen molar-refractivity contribution in [3.63, 3.8) is 0 Å². The number of hydrogen-bond donors (Lipinski definition) is 2.